The van der Waals surface area contributed by atoms with Gasteiger partial charge in [-0.25, -0.2) is 0 Å². The van der Waals surface area contributed by atoms with Crippen LogP contribution in [0.15, 0.2) is 42.6 Å². The average Bonchev–Trinajstić information content (AvgIpc) is 2.71. The number of likely N-dealkylation sites (tertiary alicyclic amines) is 1. The van der Waals surface area contributed by atoms with Crippen molar-refractivity contribution in [2.75, 3.05) is 19.6 Å². The molecule has 0 bridgehead atoms. The maximum absolute atomic E-state index is 13.3. The maximum atomic E-state index is 13.3. The summed E-state index contributed by atoms with van der Waals surface area (Å²) >= 11 is 12.2. The second-order valence-electron chi connectivity index (χ2n) is 8.39. The normalized spacial score (nSPS) is 27.0. The van der Waals surface area contributed by atoms with Gasteiger partial charge in [-0.1, -0.05) is 60.7 Å². The van der Waals surface area contributed by atoms with Crippen LogP contribution in [-0.2, 0) is 11.2 Å². The highest BCUT2D eigenvalue weighted by Crippen LogP contribution is 2.39. The zero-order valence-corrected chi connectivity index (χ0v) is 17.7. The third kappa shape index (κ3) is 4.58. The van der Waals surface area contributed by atoms with E-state index in [0.29, 0.717) is 22.4 Å². The van der Waals surface area contributed by atoms with Crippen molar-refractivity contribution < 1.29 is 4.79 Å². The molecule has 0 radical (unpaired) electrons. The molecule has 1 saturated carbocycles. The summed E-state index contributed by atoms with van der Waals surface area (Å²) in [5, 5.41) is 1.04. The molecule has 1 aromatic carbocycles. The molecule has 2 aliphatic heterocycles. The highest BCUT2D eigenvalue weighted by molar-refractivity contribution is 6.42. The minimum Gasteiger partial charge on any atom is -0.372 e. The topological polar surface area (TPSA) is 23.6 Å². The zero-order valence-electron chi connectivity index (χ0n) is 16.2. The molecule has 3 atom stereocenters. The van der Waals surface area contributed by atoms with Crippen molar-refractivity contribution >= 4 is 29.1 Å². The number of carbonyl (C=O) groups is 1. The Labute approximate surface area is 178 Å². The molecule has 0 aromatic heterocycles. The van der Waals surface area contributed by atoms with Gasteiger partial charge in [0.25, 0.3) is 0 Å². The van der Waals surface area contributed by atoms with E-state index in [2.05, 4.69) is 34.2 Å². The van der Waals surface area contributed by atoms with Gasteiger partial charge in [0.2, 0.25) is 5.91 Å². The first kappa shape index (κ1) is 19.8. The minimum absolute atomic E-state index is 0.212. The molecule has 3 aliphatic rings. The van der Waals surface area contributed by atoms with E-state index in [9.17, 15) is 4.79 Å². The molecule has 28 heavy (non-hydrogen) atoms. The molecule has 3 nitrogen and oxygen atoms in total. The van der Waals surface area contributed by atoms with Gasteiger partial charge in [0.05, 0.1) is 16.5 Å². The lowest BCUT2D eigenvalue weighted by Gasteiger charge is -2.47. The molecule has 1 saturated heterocycles. The Morgan fingerprint density at radius 3 is 2.64 bits per heavy atom. The van der Waals surface area contributed by atoms with Gasteiger partial charge in [0, 0.05) is 25.7 Å². The van der Waals surface area contributed by atoms with E-state index in [-0.39, 0.29) is 11.9 Å². The first-order valence-corrected chi connectivity index (χ1v) is 11.2. The van der Waals surface area contributed by atoms with Crippen molar-refractivity contribution in [3.63, 3.8) is 0 Å². The Morgan fingerprint density at radius 1 is 1.07 bits per heavy atom. The summed E-state index contributed by atoms with van der Waals surface area (Å²) in [6.07, 6.45) is 15.2. The van der Waals surface area contributed by atoms with E-state index >= 15 is 0 Å². The van der Waals surface area contributed by atoms with Gasteiger partial charge in [0.15, 0.2) is 0 Å². The summed E-state index contributed by atoms with van der Waals surface area (Å²) in [5.41, 5.74) is 0.935. The number of hydrogen-bond donors (Lipinski definition) is 0. The van der Waals surface area contributed by atoms with Gasteiger partial charge in [-0.3, -0.25) is 4.79 Å². The van der Waals surface area contributed by atoms with E-state index in [4.69, 9.17) is 23.2 Å². The Hall–Kier alpha value is -1.45. The van der Waals surface area contributed by atoms with Crippen LogP contribution in [0.3, 0.4) is 0 Å². The third-order valence-electron chi connectivity index (χ3n) is 6.50. The molecule has 4 rings (SSSR count). The first-order valence-electron chi connectivity index (χ1n) is 10.4. The van der Waals surface area contributed by atoms with Crippen molar-refractivity contribution in [3.05, 3.63) is 58.2 Å². The second kappa shape index (κ2) is 8.92. The number of amides is 1. The Bertz CT molecular complexity index is 776. The van der Waals surface area contributed by atoms with Gasteiger partial charge in [-0.15, -0.1) is 0 Å². The molecule has 1 aromatic rings. The zero-order chi connectivity index (χ0) is 19.5. The molecule has 2 heterocycles. The fourth-order valence-electron chi connectivity index (χ4n) is 5.03. The smallest absolute Gasteiger partial charge is 0.227 e. The lowest BCUT2D eigenvalue weighted by Crippen LogP contribution is -2.54. The summed E-state index contributed by atoms with van der Waals surface area (Å²) in [5.74, 6) is 1.65. The summed E-state index contributed by atoms with van der Waals surface area (Å²) in [4.78, 5) is 17.8. The Balaban J connectivity index is 1.49. The molecule has 0 spiro atoms. The average molecular weight is 419 g/mol. The van der Waals surface area contributed by atoms with E-state index in [1.807, 2.05) is 12.1 Å². The van der Waals surface area contributed by atoms with Gasteiger partial charge in [-0.05, 0) is 54.6 Å². The van der Waals surface area contributed by atoms with Crippen LogP contribution in [-0.4, -0.2) is 41.4 Å². The Kier molecular flexibility index (Phi) is 6.32. The number of halogens is 2. The molecule has 3 unspecified atom stereocenters. The van der Waals surface area contributed by atoms with Crippen LogP contribution in [0.1, 0.15) is 37.7 Å². The van der Waals surface area contributed by atoms with Crippen LogP contribution < -0.4 is 0 Å². The second-order valence-corrected chi connectivity index (χ2v) is 9.20. The largest absolute Gasteiger partial charge is 0.372 e. The molecule has 2 fully saturated rings. The summed E-state index contributed by atoms with van der Waals surface area (Å²) < 4.78 is 0. The molecular weight excluding hydrogens is 391 g/mol. The molecule has 5 heteroatoms. The number of benzene rings is 1. The molecular formula is C23H28Cl2N2O. The van der Waals surface area contributed by atoms with Gasteiger partial charge in [-0.2, -0.15) is 0 Å². The SMILES string of the molecule is O=C(Cc1ccc(Cl)c(Cl)c1)N1CC2CCCCC2CC1CN1C=CC=CC1. The summed E-state index contributed by atoms with van der Waals surface area (Å²) in [6, 6.07) is 5.79. The van der Waals surface area contributed by atoms with Crippen molar-refractivity contribution in [2.24, 2.45) is 11.8 Å². The van der Waals surface area contributed by atoms with Crippen LogP contribution >= 0.6 is 23.2 Å². The molecule has 1 aliphatic carbocycles. The van der Waals surface area contributed by atoms with Crippen LogP contribution in [0.2, 0.25) is 10.0 Å². The Morgan fingerprint density at radius 2 is 1.89 bits per heavy atom. The lowest BCUT2D eigenvalue weighted by molar-refractivity contribution is -0.137. The molecule has 150 valence electrons. The fraction of sp³-hybridized carbons (Fsp3) is 0.522. The van der Waals surface area contributed by atoms with Gasteiger partial charge >= 0.3 is 0 Å². The summed E-state index contributed by atoms with van der Waals surface area (Å²) in [6.45, 7) is 2.75. The van der Waals surface area contributed by atoms with E-state index in [1.165, 1.54) is 25.7 Å². The van der Waals surface area contributed by atoms with Gasteiger partial charge < -0.3 is 9.80 Å². The first-order chi connectivity index (χ1) is 13.6. The quantitative estimate of drug-likeness (QED) is 0.659. The van der Waals surface area contributed by atoms with Crippen molar-refractivity contribution in [2.45, 2.75) is 44.6 Å². The minimum atomic E-state index is 0.212. The number of hydrogen-bond acceptors (Lipinski definition) is 2. The fourth-order valence-corrected chi connectivity index (χ4v) is 5.35. The number of nitrogens with zero attached hydrogens (tertiary/aromatic N) is 2. The van der Waals surface area contributed by atoms with Crippen LogP contribution in [0.25, 0.3) is 0 Å². The maximum Gasteiger partial charge on any atom is 0.227 e. The lowest BCUT2D eigenvalue weighted by atomic mass is 9.72. The van der Waals surface area contributed by atoms with Crippen LogP contribution in [0, 0.1) is 11.8 Å². The monoisotopic (exact) mass is 418 g/mol. The summed E-state index contributed by atoms with van der Waals surface area (Å²) in [7, 11) is 0. The van der Waals surface area contributed by atoms with Crippen LogP contribution in [0.4, 0.5) is 0 Å². The number of piperidine rings is 1. The predicted molar refractivity (Wildman–Crippen MR) is 116 cm³/mol. The number of carbonyl (C=O) groups excluding carboxylic acids is 1. The predicted octanol–water partition coefficient (Wildman–Crippen LogP) is 5.33. The van der Waals surface area contributed by atoms with Crippen molar-refractivity contribution in [1.82, 2.24) is 9.80 Å². The third-order valence-corrected chi connectivity index (χ3v) is 7.24. The van der Waals surface area contributed by atoms with Crippen LogP contribution in [0.5, 0.6) is 0 Å². The van der Waals surface area contributed by atoms with E-state index < -0.39 is 0 Å². The highest BCUT2D eigenvalue weighted by Gasteiger charge is 2.39. The number of rotatable bonds is 4. The van der Waals surface area contributed by atoms with Gasteiger partial charge in [0.1, 0.15) is 0 Å². The molecule has 0 N–H and O–H groups in total. The number of allylic oxidation sites excluding steroid dienone is 2. The van der Waals surface area contributed by atoms with Crippen molar-refractivity contribution in [3.8, 4) is 0 Å². The highest BCUT2D eigenvalue weighted by atomic mass is 35.5. The van der Waals surface area contributed by atoms with E-state index in [0.717, 1.165) is 37.5 Å². The molecule has 1 amide bonds. The van der Waals surface area contributed by atoms with Crippen molar-refractivity contribution in [1.29, 1.82) is 0 Å². The van der Waals surface area contributed by atoms with E-state index in [1.54, 1.807) is 6.07 Å². The standard InChI is InChI=1S/C23H28Cl2N2O/c24-21-9-8-17(12-22(21)25)13-23(28)27-15-19-7-3-2-6-18(19)14-20(27)16-26-10-4-1-5-11-26/h1,4-5,8-10,12,18-20H,2-3,6-7,11,13-16H2. The number of fused-ring (bicyclic) bond motifs is 1.